The third-order valence-corrected chi connectivity index (χ3v) is 4.49. The first-order valence-corrected chi connectivity index (χ1v) is 6.47. The molecule has 0 saturated carbocycles. The topological polar surface area (TPSA) is 24.9 Å². The molecule has 0 bridgehead atoms. The van der Waals surface area contributed by atoms with Crippen molar-refractivity contribution in [3.8, 4) is 0 Å². The lowest BCUT2D eigenvalue weighted by Crippen LogP contribution is -2.26. The zero-order valence-corrected chi connectivity index (χ0v) is 9.20. The summed E-state index contributed by atoms with van der Waals surface area (Å²) in [5, 5.41) is 4.93. The zero-order chi connectivity index (χ0) is 9.38. The molecule has 0 amide bonds. The number of hydrogen-bond donors (Lipinski definition) is 1. The van der Waals surface area contributed by atoms with E-state index in [2.05, 4.69) is 5.32 Å². The van der Waals surface area contributed by atoms with Crippen molar-refractivity contribution in [1.82, 2.24) is 10.3 Å². The number of nitrogens with one attached hydrogen (secondary N) is 1. The number of thiazole rings is 1. The lowest BCUT2D eigenvalue weighted by Gasteiger charge is -2.21. The quantitative estimate of drug-likeness (QED) is 0.767. The monoisotopic (exact) mass is 208 g/mol. The molecular formula is C11H16N2S. The smallest absolute Gasteiger partial charge is 0.110 e. The maximum Gasteiger partial charge on any atom is 0.110 e. The van der Waals surface area contributed by atoms with Gasteiger partial charge in [0.05, 0.1) is 11.7 Å². The highest BCUT2D eigenvalue weighted by atomic mass is 32.1. The van der Waals surface area contributed by atoms with Crippen LogP contribution in [-0.4, -0.2) is 11.5 Å². The van der Waals surface area contributed by atoms with Crippen LogP contribution in [0.15, 0.2) is 0 Å². The predicted molar refractivity (Wildman–Crippen MR) is 58.7 cm³/mol. The lowest BCUT2D eigenvalue weighted by molar-refractivity contribution is 0.410. The van der Waals surface area contributed by atoms with Gasteiger partial charge in [0.2, 0.25) is 0 Å². The van der Waals surface area contributed by atoms with Gasteiger partial charge < -0.3 is 5.32 Å². The second-order valence-electron chi connectivity index (χ2n) is 4.28. The van der Waals surface area contributed by atoms with Crippen LogP contribution in [0.4, 0.5) is 0 Å². The predicted octanol–water partition coefficient (Wildman–Crippen LogP) is 2.45. The highest BCUT2D eigenvalue weighted by Gasteiger charge is 2.22. The Labute approximate surface area is 88.7 Å². The van der Waals surface area contributed by atoms with Crippen LogP contribution in [0.1, 0.15) is 47.3 Å². The van der Waals surface area contributed by atoms with Gasteiger partial charge >= 0.3 is 0 Å². The first-order chi connectivity index (χ1) is 6.93. The molecular weight excluding hydrogens is 192 g/mol. The molecule has 0 aromatic carbocycles. The van der Waals surface area contributed by atoms with Crippen LogP contribution in [0.3, 0.4) is 0 Å². The largest absolute Gasteiger partial charge is 0.308 e. The summed E-state index contributed by atoms with van der Waals surface area (Å²) in [5.74, 6) is 0. The molecule has 14 heavy (non-hydrogen) atoms. The molecule has 1 atom stereocenters. The Hall–Kier alpha value is -0.410. The average molecular weight is 208 g/mol. The number of hydrogen-bond acceptors (Lipinski definition) is 3. The molecule has 0 spiro atoms. The molecule has 2 nitrogen and oxygen atoms in total. The fourth-order valence-electron chi connectivity index (χ4n) is 2.42. The van der Waals surface area contributed by atoms with Gasteiger partial charge in [-0.05, 0) is 38.6 Å². The van der Waals surface area contributed by atoms with E-state index in [0.717, 1.165) is 0 Å². The van der Waals surface area contributed by atoms with Crippen LogP contribution >= 0.6 is 11.3 Å². The Kier molecular flexibility index (Phi) is 2.30. The second kappa shape index (κ2) is 3.63. The summed E-state index contributed by atoms with van der Waals surface area (Å²) >= 11 is 1.95. The minimum Gasteiger partial charge on any atom is -0.308 e. The molecule has 1 fully saturated rings. The molecule has 1 aliphatic heterocycles. The molecule has 2 aliphatic rings. The number of fused-ring (bicyclic) bond motifs is 1. The van der Waals surface area contributed by atoms with Gasteiger partial charge in [-0.2, -0.15) is 0 Å². The Morgan fingerprint density at radius 3 is 3.00 bits per heavy atom. The number of piperidine rings is 1. The Balaban J connectivity index is 1.82. The van der Waals surface area contributed by atoms with Gasteiger partial charge in [-0.1, -0.05) is 6.42 Å². The van der Waals surface area contributed by atoms with Crippen molar-refractivity contribution in [2.24, 2.45) is 0 Å². The minimum atomic E-state index is 0.569. The van der Waals surface area contributed by atoms with E-state index in [9.17, 15) is 0 Å². The molecule has 3 heteroatoms. The van der Waals surface area contributed by atoms with Gasteiger partial charge in [0.1, 0.15) is 5.01 Å². The summed E-state index contributed by atoms with van der Waals surface area (Å²) in [6.45, 7) is 1.18. The second-order valence-corrected chi connectivity index (χ2v) is 5.39. The summed E-state index contributed by atoms with van der Waals surface area (Å²) in [6.07, 6.45) is 7.81. The summed E-state index contributed by atoms with van der Waals surface area (Å²) in [7, 11) is 0. The molecule has 1 aliphatic carbocycles. The summed E-state index contributed by atoms with van der Waals surface area (Å²) in [4.78, 5) is 6.33. The van der Waals surface area contributed by atoms with E-state index in [-0.39, 0.29) is 0 Å². The van der Waals surface area contributed by atoms with E-state index in [1.807, 2.05) is 11.3 Å². The molecule has 1 saturated heterocycles. The van der Waals surface area contributed by atoms with Crippen molar-refractivity contribution in [1.29, 1.82) is 0 Å². The molecule has 1 unspecified atom stereocenters. The molecule has 3 rings (SSSR count). The standard InChI is InChI=1S/C11H16N2S/c1-2-7-12-9(4-1)11-13-8-5-3-6-10(8)14-11/h9,12H,1-7H2. The number of aromatic nitrogens is 1. The summed E-state index contributed by atoms with van der Waals surface area (Å²) < 4.78 is 0. The molecule has 76 valence electrons. The number of aryl methyl sites for hydroxylation is 2. The first-order valence-electron chi connectivity index (χ1n) is 5.65. The van der Waals surface area contributed by atoms with Crippen molar-refractivity contribution in [2.45, 2.75) is 44.6 Å². The third-order valence-electron chi connectivity index (χ3n) is 3.22. The lowest BCUT2D eigenvalue weighted by atomic mass is 10.1. The Morgan fingerprint density at radius 2 is 2.21 bits per heavy atom. The molecule has 0 radical (unpaired) electrons. The van der Waals surface area contributed by atoms with Crippen LogP contribution in [-0.2, 0) is 12.8 Å². The highest BCUT2D eigenvalue weighted by molar-refractivity contribution is 7.11. The van der Waals surface area contributed by atoms with Gasteiger partial charge in [-0.3, -0.25) is 0 Å². The van der Waals surface area contributed by atoms with Crippen molar-refractivity contribution in [2.75, 3.05) is 6.54 Å². The van der Waals surface area contributed by atoms with Gasteiger partial charge in [0.15, 0.2) is 0 Å². The summed E-state index contributed by atoms with van der Waals surface area (Å²) in [5.41, 5.74) is 1.40. The van der Waals surface area contributed by atoms with Gasteiger partial charge in [0, 0.05) is 4.88 Å². The summed E-state index contributed by atoms with van der Waals surface area (Å²) in [6, 6.07) is 0.569. The maximum atomic E-state index is 4.77. The fourth-order valence-corrected chi connectivity index (χ4v) is 3.69. The van der Waals surface area contributed by atoms with Gasteiger partial charge in [-0.25, -0.2) is 4.98 Å². The minimum absolute atomic E-state index is 0.569. The SMILES string of the molecule is C1CCC(c2nc3c(s2)CCC3)NC1. The van der Waals surface area contributed by atoms with Gasteiger partial charge in [-0.15, -0.1) is 11.3 Å². The van der Waals surface area contributed by atoms with Crippen LogP contribution < -0.4 is 5.32 Å². The molecule has 1 aromatic rings. The van der Waals surface area contributed by atoms with Crippen molar-refractivity contribution >= 4 is 11.3 Å². The van der Waals surface area contributed by atoms with Crippen LogP contribution in [0.25, 0.3) is 0 Å². The average Bonchev–Trinajstić information content (AvgIpc) is 2.78. The van der Waals surface area contributed by atoms with E-state index < -0.39 is 0 Å². The van der Waals surface area contributed by atoms with E-state index >= 15 is 0 Å². The van der Waals surface area contributed by atoms with Crippen molar-refractivity contribution in [3.05, 3.63) is 15.6 Å². The normalized spacial score (nSPS) is 26.4. The van der Waals surface area contributed by atoms with Crippen LogP contribution in [0.2, 0.25) is 0 Å². The zero-order valence-electron chi connectivity index (χ0n) is 8.38. The van der Waals surface area contributed by atoms with Crippen molar-refractivity contribution < 1.29 is 0 Å². The van der Waals surface area contributed by atoms with Crippen molar-refractivity contribution in [3.63, 3.8) is 0 Å². The van der Waals surface area contributed by atoms with E-state index in [1.165, 1.54) is 55.8 Å². The Bertz CT molecular complexity index is 305. The van der Waals surface area contributed by atoms with Crippen LogP contribution in [0, 0.1) is 0 Å². The molecule has 2 heterocycles. The third kappa shape index (κ3) is 1.48. The molecule has 1 N–H and O–H groups in total. The highest BCUT2D eigenvalue weighted by Crippen LogP contribution is 2.33. The maximum absolute atomic E-state index is 4.77. The van der Waals surface area contributed by atoms with E-state index in [4.69, 9.17) is 4.98 Å². The van der Waals surface area contributed by atoms with Gasteiger partial charge in [0.25, 0.3) is 0 Å². The number of rotatable bonds is 1. The fraction of sp³-hybridized carbons (Fsp3) is 0.727. The van der Waals surface area contributed by atoms with Crippen LogP contribution in [0.5, 0.6) is 0 Å². The first kappa shape index (κ1) is 8.86. The van der Waals surface area contributed by atoms with E-state index in [1.54, 1.807) is 4.88 Å². The van der Waals surface area contributed by atoms with E-state index in [0.29, 0.717) is 6.04 Å². The number of nitrogens with zero attached hydrogens (tertiary/aromatic N) is 1. The molecule has 1 aromatic heterocycles. The Morgan fingerprint density at radius 1 is 1.21 bits per heavy atom.